The summed E-state index contributed by atoms with van der Waals surface area (Å²) in [5.41, 5.74) is 2.64. The fourth-order valence-electron chi connectivity index (χ4n) is 7.05. The van der Waals surface area contributed by atoms with E-state index in [1.165, 1.54) is 5.56 Å². The van der Waals surface area contributed by atoms with E-state index in [0.29, 0.717) is 5.67 Å². The van der Waals surface area contributed by atoms with Gasteiger partial charge in [-0.05, 0) is 40.8 Å². The molecule has 0 fully saturated rings. The Morgan fingerprint density at radius 2 is 1.41 bits per heavy atom. The van der Waals surface area contributed by atoms with Crippen LogP contribution in [0, 0.1) is 0 Å². The van der Waals surface area contributed by atoms with Crippen LogP contribution in [0.3, 0.4) is 0 Å². The monoisotopic (exact) mass is 436 g/mol. The fraction of sp³-hybridized carbons (Fsp3) is 0.667. The summed E-state index contributed by atoms with van der Waals surface area (Å²) in [4.78, 5) is 5.94. The zero-order valence-corrected chi connectivity index (χ0v) is 22.3. The Bertz CT molecular complexity index is 830. The van der Waals surface area contributed by atoms with Gasteiger partial charge in [0.2, 0.25) is 0 Å². The molecule has 0 aliphatic rings. The summed E-state index contributed by atoms with van der Waals surface area (Å²) in [7, 11) is 3.99. The van der Waals surface area contributed by atoms with Gasteiger partial charge in [-0.2, -0.15) is 0 Å². The van der Waals surface area contributed by atoms with E-state index >= 15 is 0 Å². The summed E-state index contributed by atoms with van der Waals surface area (Å²) in [5, 5.41) is 2.38. The van der Waals surface area contributed by atoms with E-state index in [-0.39, 0.29) is 15.1 Å². The molecule has 0 radical (unpaired) electrons. The van der Waals surface area contributed by atoms with Gasteiger partial charge in [-0.1, -0.05) is 73.9 Å². The lowest BCUT2D eigenvalue weighted by atomic mass is 10.1. The highest BCUT2D eigenvalue weighted by Gasteiger charge is 2.64. The van der Waals surface area contributed by atoms with E-state index in [1.807, 2.05) is 12.1 Å². The third-order valence-corrected chi connectivity index (χ3v) is 15.8. The molecule has 164 valence electrons. The fourth-order valence-corrected chi connectivity index (χ4v) is 18.1. The summed E-state index contributed by atoms with van der Waals surface area (Å²) in [6.45, 7) is 22.1. The van der Waals surface area contributed by atoms with Crippen LogP contribution in [0.25, 0.3) is 10.9 Å². The number of halogens is 1. The highest BCUT2D eigenvalue weighted by atomic mass is 35.5. The Morgan fingerprint density at radius 3 is 1.79 bits per heavy atom. The standard InChI is InChI=1S/C24H41ClN2OSi/c1-22(2,3)29(23(4,5)6,24(7,8)9)21(27(10)11)17-15-26-19-14-16(28-12)13-18(25)20(17)19/h13-15,21,26H,1-12H3. The molecule has 1 unspecified atom stereocenters. The number of nitrogens with one attached hydrogen (secondary N) is 1. The van der Waals surface area contributed by atoms with Gasteiger partial charge in [0.05, 0.1) is 25.7 Å². The normalized spacial score (nSPS) is 15.2. The van der Waals surface area contributed by atoms with Crippen LogP contribution in [-0.4, -0.2) is 39.2 Å². The number of H-pyrrole nitrogens is 1. The molecule has 0 aliphatic carbocycles. The van der Waals surface area contributed by atoms with Crippen LogP contribution >= 0.6 is 11.6 Å². The molecule has 2 rings (SSSR count). The molecule has 29 heavy (non-hydrogen) atoms. The van der Waals surface area contributed by atoms with E-state index in [4.69, 9.17) is 16.3 Å². The van der Waals surface area contributed by atoms with Gasteiger partial charge in [-0.15, -0.1) is 0 Å². The lowest BCUT2D eigenvalue weighted by Gasteiger charge is -2.64. The Morgan fingerprint density at radius 1 is 0.931 bits per heavy atom. The number of benzene rings is 1. The van der Waals surface area contributed by atoms with Crippen molar-refractivity contribution in [3.63, 3.8) is 0 Å². The molecule has 5 heteroatoms. The van der Waals surface area contributed by atoms with Crippen molar-refractivity contribution in [2.24, 2.45) is 0 Å². The first-order chi connectivity index (χ1) is 13.0. The Balaban J connectivity index is 2.99. The number of hydrogen-bond acceptors (Lipinski definition) is 2. The molecule has 0 saturated carbocycles. The van der Waals surface area contributed by atoms with Crippen LogP contribution in [0.5, 0.6) is 5.75 Å². The third kappa shape index (κ3) is 3.77. The van der Waals surface area contributed by atoms with Crippen molar-refractivity contribution in [3.05, 3.63) is 28.9 Å². The van der Waals surface area contributed by atoms with Crippen molar-refractivity contribution in [3.8, 4) is 5.75 Å². The number of ether oxygens (including phenoxy) is 1. The van der Waals surface area contributed by atoms with Gasteiger partial charge in [-0.25, -0.2) is 0 Å². The minimum Gasteiger partial charge on any atom is -0.497 e. The van der Waals surface area contributed by atoms with Crippen molar-refractivity contribution >= 4 is 30.6 Å². The molecule has 1 heterocycles. The highest BCUT2D eigenvalue weighted by molar-refractivity contribution is 6.88. The summed E-state index contributed by atoms with van der Waals surface area (Å²) in [6, 6.07) is 3.98. The average Bonchev–Trinajstić information content (AvgIpc) is 2.91. The number of methoxy groups -OCH3 is 1. The van der Waals surface area contributed by atoms with Gasteiger partial charge in [0.1, 0.15) is 5.75 Å². The maximum atomic E-state index is 6.83. The molecular weight excluding hydrogens is 396 g/mol. The SMILES string of the molecule is COc1cc(Cl)c2c(C(N(C)C)[Si](C(C)(C)C)(C(C)(C)C)C(C)(C)C)c[nH]c2c1. The van der Waals surface area contributed by atoms with Gasteiger partial charge in [0, 0.05) is 23.3 Å². The Hall–Kier alpha value is -0.973. The highest BCUT2D eigenvalue weighted by Crippen LogP contribution is 2.67. The lowest BCUT2D eigenvalue weighted by Crippen LogP contribution is -2.65. The van der Waals surface area contributed by atoms with Crippen molar-refractivity contribution in [2.45, 2.75) is 83.1 Å². The molecular formula is C24H41ClN2OSi. The number of nitrogens with zero attached hydrogens (tertiary/aromatic N) is 1. The number of aromatic nitrogens is 1. The average molecular weight is 437 g/mol. The van der Waals surface area contributed by atoms with Crippen LogP contribution in [-0.2, 0) is 0 Å². The quantitative estimate of drug-likeness (QED) is 0.494. The van der Waals surface area contributed by atoms with E-state index < -0.39 is 8.07 Å². The molecule has 1 aromatic heterocycles. The second kappa shape index (κ2) is 7.62. The van der Waals surface area contributed by atoms with Crippen LogP contribution in [0.2, 0.25) is 20.1 Å². The first kappa shape index (κ1) is 24.3. The third-order valence-electron chi connectivity index (χ3n) is 6.74. The molecule has 0 bridgehead atoms. The Kier molecular flexibility index (Phi) is 6.38. The Labute approximate surface area is 184 Å². The summed E-state index contributed by atoms with van der Waals surface area (Å²) in [6.07, 6.45) is 2.19. The lowest BCUT2D eigenvalue weighted by molar-refractivity contribution is 0.332. The van der Waals surface area contributed by atoms with Crippen molar-refractivity contribution in [1.29, 1.82) is 0 Å². The molecule has 3 nitrogen and oxygen atoms in total. The number of rotatable bonds is 4. The van der Waals surface area contributed by atoms with Crippen LogP contribution in [0.1, 0.15) is 73.5 Å². The van der Waals surface area contributed by atoms with Gasteiger partial charge in [0.15, 0.2) is 0 Å². The molecule has 0 amide bonds. The molecule has 0 aliphatic heterocycles. The molecule has 1 aromatic carbocycles. The minimum absolute atomic E-state index is 0.168. The van der Waals surface area contributed by atoms with E-state index in [1.54, 1.807) is 7.11 Å². The smallest absolute Gasteiger partial charge is 0.122 e. The predicted molar refractivity (Wildman–Crippen MR) is 131 cm³/mol. The zero-order valence-electron chi connectivity index (χ0n) is 20.5. The predicted octanol–water partition coefficient (Wildman–Crippen LogP) is 7.82. The van der Waals surface area contributed by atoms with E-state index in [2.05, 4.69) is 92.5 Å². The van der Waals surface area contributed by atoms with Gasteiger partial charge in [0.25, 0.3) is 0 Å². The van der Waals surface area contributed by atoms with Crippen LogP contribution in [0.4, 0.5) is 0 Å². The summed E-state index contributed by atoms with van der Waals surface area (Å²) >= 11 is 6.83. The topological polar surface area (TPSA) is 28.3 Å². The van der Waals surface area contributed by atoms with Crippen LogP contribution in [0.15, 0.2) is 18.3 Å². The summed E-state index contributed by atoms with van der Waals surface area (Å²) in [5.74, 6) is 0.781. The summed E-state index contributed by atoms with van der Waals surface area (Å²) < 4.78 is 5.44. The van der Waals surface area contributed by atoms with Crippen molar-refractivity contribution in [2.75, 3.05) is 21.2 Å². The van der Waals surface area contributed by atoms with Gasteiger partial charge in [-0.3, -0.25) is 0 Å². The number of fused-ring (bicyclic) bond motifs is 1. The van der Waals surface area contributed by atoms with E-state index in [0.717, 1.165) is 21.7 Å². The van der Waals surface area contributed by atoms with Crippen molar-refractivity contribution in [1.82, 2.24) is 9.88 Å². The first-order valence-corrected chi connectivity index (χ1v) is 13.0. The van der Waals surface area contributed by atoms with Gasteiger partial charge >= 0.3 is 0 Å². The second-order valence-corrected chi connectivity index (χ2v) is 18.8. The number of aromatic amines is 1. The van der Waals surface area contributed by atoms with Crippen molar-refractivity contribution < 1.29 is 4.74 Å². The molecule has 0 spiro atoms. The largest absolute Gasteiger partial charge is 0.497 e. The first-order valence-electron chi connectivity index (χ1n) is 10.5. The maximum Gasteiger partial charge on any atom is 0.122 e. The molecule has 1 N–H and O–H groups in total. The minimum atomic E-state index is -2.14. The number of hydrogen-bond donors (Lipinski definition) is 1. The molecule has 2 aromatic rings. The van der Waals surface area contributed by atoms with Crippen LogP contribution < -0.4 is 4.74 Å². The van der Waals surface area contributed by atoms with Gasteiger partial charge < -0.3 is 14.6 Å². The second-order valence-electron chi connectivity index (χ2n) is 11.7. The molecule has 1 atom stereocenters. The molecule has 0 saturated heterocycles. The maximum absolute atomic E-state index is 6.83. The van der Waals surface area contributed by atoms with E-state index in [9.17, 15) is 0 Å². The zero-order chi connectivity index (χ0) is 22.6.